The third-order valence-electron chi connectivity index (χ3n) is 2.74. The average molecular weight is 349 g/mol. The highest BCUT2D eigenvalue weighted by atomic mass is 79.9. The van der Waals surface area contributed by atoms with E-state index in [1.54, 1.807) is 24.4 Å². The van der Waals surface area contributed by atoms with Crippen molar-refractivity contribution in [2.24, 2.45) is 0 Å². The number of ether oxygens (including phenoxy) is 1. The molecule has 21 heavy (non-hydrogen) atoms. The van der Waals surface area contributed by atoms with E-state index >= 15 is 0 Å². The Labute approximate surface area is 132 Å². The first-order valence-corrected chi connectivity index (χ1v) is 7.45. The molecule has 1 N–H and O–H groups in total. The quantitative estimate of drug-likeness (QED) is 0.842. The summed E-state index contributed by atoms with van der Waals surface area (Å²) in [5.74, 6) is 0.496. The van der Waals surface area contributed by atoms with Gasteiger partial charge in [0.15, 0.2) is 0 Å². The monoisotopic (exact) mass is 348 g/mol. The molecule has 1 aromatic carbocycles. The van der Waals surface area contributed by atoms with Crippen LogP contribution < -0.4 is 10.1 Å². The van der Waals surface area contributed by atoms with Gasteiger partial charge in [-0.2, -0.15) is 0 Å². The predicted molar refractivity (Wildman–Crippen MR) is 86.8 cm³/mol. The van der Waals surface area contributed by atoms with Crippen molar-refractivity contribution >= 4 is 27.5 Å². The number of aromatic nitrogens is 1. The second kappa shape index (κ2) is 6.72. The molecule has 0 aliphatic rings. The molecule has 1 amide bonds. The Morgan fingerprint density at radius 1 is 1.33 bits per heavy atom. The van der Waals surface area contributed by atoms with Crippen LogP contribution in [0.3, 0.4) is 0 Å². The van der Waals surface area contributed by atoms with E-state index in [9.17, 15) is 4.79 Å². The third kappa shape index (κ3) is 4.29. The Hall–Kier alpha value is -1.88. The van der Waals surface area contributed by atoms with Gasteiger partial charge in [-0.05, 0) is 66.5 Å². The van der Waals surface area contributed by atoms with Crippen molar-refractivity contribution in [2.45, 2.75) is 26.9 Å². The highest BCUT2D eigenvalue weighted by Gasteiger charge is 2.09. The van der Waals surface area contributed by atoms with Gasteiger partial charge in [-0.25, -0.2) is 4.98 Å². The average Bonchev–Trinajstić information content (AvgIpc) is 2.42. The molecule has 0 unspecified atom stereocenters. The Bertz CT molecular complexity index is 656. The molecule has 0 aliphatic carbocycles. The van der Waals surface area contributed by atoms with Gasteiger partial charge >= 0.3 is 0 Å². The van der Waals surface area contributed by atoms with Crippen molar-refractivity contribution in [1.29, 1.82) is 0 Å². The van der Waals surface area contributed by atoms with Crippen LogP contribution >= 0.6 is 15.9 Å². The van der Waals surface area contributed by atoms with Crippen LogP contribution in [-0.4, -0.2) is 17.0 Å². The lowest BCUT2D eigenvalue weighted by molar-refractivity contribution is 0.102. The Morgan fingerprint density at radius 3 is 2.76 bits per heavy atom. The van der Waals surface area contributed by atoms with Gasteiger partial charge < -0.3 is 10.1 Å². The number of pyridine rings is 1. The molecule has 0 atom stereocenters. The fourth-order valence-corrected chi connectivity index (χ4v) is 2.03. The lowest BCUT2D eigenvalue weighted by Crippen LogP contribution is -2.13. The van der Waals surface area contributed by atoms with Gasteiger partial charge in [0, 0.05) is 5.56 Å². The number of benzene rings is 1. The van der Waals surface area contributed by atoms with Crippen molar-refractivity contribution < 1.29 is 9.53 Å². The lowest BCUT2D eigenvalue weighted by atomic mass is 10.2. The molecule has 0 radical (unpaired) electrons. The molecule has 0 saturated carbocycles. The number of amides is 1. The second-order valence-corrected chi connectivity index (χ2v) is 5.73. The van der Waals surface area contributed by atoms with Crippen molar-refractivity contribution in [2.75, 3.05) is 5.32 Å². The van der Waals surface area contributed by atoms with E-state index < -0.39 is 0 Å². The summed E-state index contributed by atoms with van der Waals surface area (Å²) in [6.07, 6.45) is 1.69. The van der Waals surface area contributed by atoms with E-state index in [-0.39, 0.29) is 12.0 Å². The molecular formula is C16H17BrN2O2. The number of nitrogens with zero attached hydrogens (tertiary/aromatic N) is 1. The zero-order chi connectivity index (χ0) is 15.4. The van der Waals surface area contributed by atoms with Crippen LogP contribution in [0.25, 0.3) is 0 Å². The Kier molecular flexibility index (Phi) is 4.96. The minimum absolute atomic E-state index is 0.0710. The van der Waals surface area contributed by atoms with E-state index in [1.807, 2.05) is 32.9 Å². The summed E-state index contributed by atoms with van der Waals surface area (Å²) in [4.78, 5) is 16.4. The van der Waals surface area contributed by atoms with E-state index in [1.165, 1.54) is 0 Å². The Morgan fingerprint density at radius 2 is 2.10 bits per heavy atom. The summed E-state index contributed by atoms with van der Waals surface area (Å²) in [6.45, 7) is 5.82. The smallest absolute Gasteiger partial charge is 0.255 e. The van der Waals surface area contributed by atoms with Crippen LogP contribution in [0.4, 0.5) is 5.69 Å². The summed E-state index contributed by atoms with van der Waals surface area (Å²) in [5, 5.41) is 2.83. The van der Waals surface area contributed by atoms with Crippen LogP contribution in [0.15, 0.2) is 41.1 Å². The van der Waals surface area contributed by atoms with Crippen LogP contribution in [0.2, 0.25) is 0 Å². The maximum Gasteiger partial charge on any atom is 0.255 e. The van der Waals surface area contributed by atoms with Crippen LogP contribution in [0, 0.1) is 6.92 Å². The standard InChI is InChI=1S/C16H17BrN2O2/c1-10(2)21-14-6-4-5-12(8-14)16(20)19-13-7-11(3)15(17)18-9-13/h4-10H,1-3H3,(H,19,20). The van der Waals surface area contributed by atoms with Gasteiger partial charge in [0.25, 0.3) is 5.91 Å². The minimum atomic E-state index is -0.187. The third-order valence-corrected chi connectivity index (χ3v) is 3.57. The molecule has 0 saturated heterocycles. The molecule has 2 rings (SSSR count). The number of nitrogens with one attached hydrogen (secondary N) is 1. The number of hydrogen-bond donors (Lipinski definition) is 1. The first-order valence-electron chi connectivity index (χ1n) is 6.66. The van der Waals surface area contributed by atoms with Crippen molar-refractivity contribution in [3.8, 4) is 5.75 Å². The molecule has 2 aromatic rings. The van der Waals surface area contributed by atoms with Gasteiger partial charge in [-0.15, -0.1) is 0 Å². The van der Waals surface area contributed by atoms with Crippen molar-refractivity contribution in [3.05, 3.63) is 52.3 Å². The molecule has 0 aliphatic heterocycles. The van der Waals surface area contributed by atoms with E-state index in [2.05, 4.69) is 26.2 Å². The summed E-state index contributed by atoms with van der Waals surface area (Å²) in [6, 6.07) is 8.99. The van der Waals surface area contributed by atoms with E-state index in [0.717, 1.165) is 10.2 Å². The first-order chi connectivity index (χ1) is 9.95. The minimum Gasteiger partial charge on any atom is -0.491 e. The summed E-state index contributed by atoms with van der Waals surface area (Å²) >= 11 is 3.33. The van der Waals surface area contributed by atoms with E-state index in [4.69, 9.17) is 4.74 Å². The lowest BCUT2D eigenvalue weighted by Gasteiger charge is -2.11. The molecule has 5 heteroatoms. The number of aryl methyl sites for hydroxylation is 1. The molecule has 0 spiro atoms. The topological polar surface area (TPSA) is 51.2 Å². The predicted octanol–water partition coefficient (Wildman–Crippen LogP) is 4.19. The maximum absolute atomic E-state index is 12.2. The van der Waals surface area contributed by atoms with Crippen LogP contribution in [-0.2, 0) is 0 Å². The first kappa shape index (κ1) is 15.5. The van der Waals surface area contributed by atoms with Crippen molar-refractivity contribution in [3.63, 3.8) is 0 Å². The second-order valence-electron chi connectivity index (χ2n) is 4.98. The molecular weight excluding hydrogens is 332 g/mol. The molecule has 110 valence electrons. The normalized spacial score (nSPS) is 10.5. The molecule has 1 aromatic heterocycles. The van der Waals surface area contributed by atoms with E-state index in [0.29, 0.717) is 17.0 Å². The van der Waals surface area contributed by atoms with Gasteiger partial charge in [-0.1, -0.05) is 6.07 Å². The van der Waals surface area contributed by atoms with Crippen molar-refractivity contribution in [1.82, 2.24) is 4.98 Å². The summed E-state index contributed by atoms with van der Waals surface area (Å²) < 4.78 is 6.36. The number of rotatable bonds is 4. The molecule has 0 bridgehead atoms. The number of carbonyl (C=O) groups excluding carboxylic acids is 1. The van der Waals surface area contributed by atoms with Gasteiger partial charge in [0.05, 0.1) is 18.0 Å². The van der Waals surface area contributed by atoms with Gasteiger partial charge in [0.2, 0.25) is 0 Å². The SMILES string of the molecule is Cc1cc(NC(=O)c2cccc(OC(C)C)c2)cnc1Br. The zero-order valence-corrected chi connectivity index (χ0v) is 13.8. The van der Waals surface area contributed by atoms with Crippen LogP contribution in [0.1, 0.15) is 29.8 Å². The molecule has 4 nitrogen and oxygen atoms in total. The van der Waals surface area contributed by atoms with Gasteiger partial charge in [-0.3, -0.25) is 4.79 Å². The Balaban J connectivity index is 2.14. The largest absolute Gasteiger partial charge is 0.491 e. The highest BCUT2D eigenvalue weighted by Crippen LogP contribution is 2.19. The molecule has 1 heterocycles. The number of carbonyl (C=O) groups is 1. The maximum atomic E-state index is 12.2. The van der Waals surface area contributed by atoms with Crippen LogP contribution in [0.5, 0.6) is 5.75 Å². The van der Waals surface area contributed by atoms with Gasteiger partial charge in [0.1, 0.15) is 10.4 Å². The summed E-state index contributed by atoms with van der Waals surface area (Å²) in [5.41, 5.74) is 2.18. The zero-order valence-electron chi connectivity index (χ0n) is 12.2. The summed E-state index contributed by atoms with van der Waals surface area (Å²) in [7, 11) is 0. The number of halogens is 1. The fourth-order valence-electron chi connectivity index (χ4n) is 1.81. The number of hydrogen-bond acceptors (Lipinski definition) is 3. The number of anilines is 1. The highest BCUT2D eigenvalue weighted by molar-refractivity contribution is 9.10. The molecule has 0 fully saturated rings. The fraction of sp³-hybridized carbons (Fsp3) is 0.250.